The number of methoxy groups -OCH3 is 1. The van der Waals surface area contributed by atoms with E-state index in [0.29, 0.717) is 0 Å². The number of aromatic nitrogens is 2. The van der Waals surface area contributed by atoms with E-state index in [1.165, 1.54) is 11.3 Å². The summed E-state index contributed by atoms with van der Waals surface area (Å²) in [5.74, 6) is 0.898. The summed E-state index contributed by atoms with van der Waals surface area (Å²) in [5.41, 5.74) is 3.61. The highest BCUT2D eigenvalue weighted by Gasteiger charge is 2.22. The number of pyridine rings is 1. The van der Waals surface area contributed by atoms with E-state index in [0.717, 1.165) is 44.1 Å². The molecule has 3 aromatic rings. The van der Waals surface area contributed by atoms with Crippen LogP contribution in [0, 0.1) is 0 Å². The molecule has 0 amide bonds. The summed E-state index contributed by atoms with van der Waals surface area (Å²) in [6.07, 6.45) is 6.90. The van der Waals surface area contributed by atoms with Crippen LogP contribution in [0.2, 0.25) is 0 Å². The number of benzene rings is 1. The average Bonchev–Trinajstić information content (AvgIpc) is 3.17. The Morgan fingerprint density at radius 2 is 2.15 bits per heavy atom. The Hall–Kier alpha value is -2.63. The smallest absolute Gasteiger partial charge is 0.119 e. The minimum Gasteiger partial charge on any atom is -0.497 e. The van der Waals surface area contributed by atoms with E-state index in [-0.39, 0.29) is 6.10 Å². The fraction of sp³-hybridized carbons (Fsp3) is 0.318. The van der Waals surface area contributed by atoms with Gasteiger partial charge in [-0.1, -0.05) is 12.1 Å². The SMILES string of the molecule is COc1cccc(C[C@H]2CN(Cc3cccn3-c3cccnc3)CCO2)c1. The second-order valence-electron chi connectivity index (χ2n) is 6.86. The molecule has 0 saturated carbocycles. The van der Waals surface area contributed by atoms with Crippen LogP contribution < -0.4 is 4.74 Å². The van der Waals surface area contributed by atoms with Crippen LogP contribution in [0.25, 0.3) is 5.69 Å². The third-order valence-corrected chi connectivity index (χ3v) is 4.96. The molecule has 0 unspecified atom stereocenters. The maximum atomic E-state index is 6.02. The van der Waals surface area contributed by atoms with E-state index in [9.17, 15) is 0 Å². The molecule has 0 radical (unpaired) electrons. The van der Waals surface area contributed by atoms with Crippen molar-refractivity contribution >= 4 is 0 Å². The fourth-order valence-corrected chi connectivity index (χ4v) is 3.63. The van der Waals surface area contributed by atoms with Crippen molar-refractivity contribution in [3.63, 3.8) is 0 Å². The van der Waals surface area contributed by atoms with Crippen molar-refractivity contribution in [1.29, 1.82) is 0 Å². The van der Waals surface area contributed by atoms with Crippen molar-refractivity contribution in [2.24, 2.45) is 0 Å². The summed E-state index contributed by atoms with van der Waals surface area (Å²) >= 11 is 0. The Balaban J connectivity index is 1.41. The van der Waals surface area contributed by atoms with Crippen LogP contribution in [-0.4, -0.2) is 47.4 Å². The van der Waals surface area contributed by atoms with Crippen molar-refractivity contribution in [3.05, 3.63) is 78.4 Å². The molecule has 1 fully saturated rings. The molecule has 140 valence electrons. The molecule has 4 rings (SSSR count). The van der Waals surface area contributed by atoms with Gasteiger partial charge in [-0.25, -0.2) is 0 Å². The Morgan fingerprint density at radius 3 is 3.00 bits per heavy atom. The van der Waals surface area contributed by atoms with Crippen LogP contribution in [0.3, 0.4) is 0 Å². The first-order valence-corrected chi connectivity index (χ1v) is 9.35. The Morgan fingerprint density at radius 1 is 1.19 bits per heavy atom. The van der Waals surface area contributed by atoms with E-state index < -0.39 is 0 Å². The maximum absolute atomic E-state index is 6.02. The zero-order valence-corrected chi connectivity index (χ0v) is 15.6. The molecule has 3 heterocycles. The summed E-state index contributed by atoms with van der Waals surface area (Å²) in [7, 11) is 1.70. The van der Waals surface area contributed by atoms with E-state index in [1.54, 1.807) is 13.3 Å². The lowest BCUT2D eigenvalue weighted by Crippen LogP contribution is -2.43. The van der Waals surface area contributed by atoms with Crippen molar-refractivity contribution < 1.29 is 9.47 Å². The van der Waals surface area contributed by atoms with Gasteiger partial charge in [0, 0.05) is 44.1 Å². The molecule has 0 N–H and O–H groups in total. The highest BCUT2D eigenvalue weighted by atomic mass is 16.5. The molecule has 0 spiro atoms. The number of hydrogen-bond acceptors (Lipinski definition) is 4. The third kappa shape index (κ3) is 4.38. The summed E-state index contributed by atoms with van der Waals surface area (Å²) < 4.78 is 13.6. The average molecular weight is 363 g/mol. The molecule has 5 nitrogen and oxygen atoms in total. The molecule has 1 atom stereocenters. The number of rotatable bonds is 6. The Labute approximate surface area is 160 Å². The molecule has 2 aromatic heterocycles. The standard InChI is InChI=1S/C22H25N3O2/c1-26-21-8-2-5-18(13-21)14-22-17-24(11-12-27-22)16-20-7-4-10-25(20)19-6-3-9-23-15-19/h2-10,13,15,22H,11-12,14,16-17H2,1H3/t22-/m0/s1. The zero-order chi connectivity index (χ0) is 18.5. The van der Waals surface area contributed by atoms with E-state index in [4.69, 9.17) is 9.47 Å². The number of nitrogens with zero attached hydrogens (tertiary/aromatic N) is 3. The topological polar surface area (TPSA) is 39.5 Å². The van der Waals surface area contributed by atoms with E-state index >= 15 is 0 Å². The predicted molar refractivity (Wildman–Crippen MR) is 105 cm³/mol. The normalized spacial score (nSPS) is 17.7. The molecule has 27 heavy (non-hydrogen) atoms. The quantitative estimate of drug-likeness (QED) is 0.674. The van der Waals surface area contributed by atoms with Gasteiger partial charge in [0.1, 0.15) is 5.75 Å². The van der Waals surface area contributed by atoms with Gasteiger partial charge in [0.05, 0.1) is 31.7 Å². The number of ether oxygens (including phenoxy) is 2. The molecule has 1 saturated heterocycles. The minimum absolute atomic E-state index is 0.202. The molecule has 1 aromatic carbocycles. The maximum Gasteiger partial charge on any atom is 0.119 e. The second-order valence-corrected chi connectivity index (χ2v) is 6.86. The lowest BCUT2D eigenvalue weighted by atomic mass is 10.1. The fourth-order valence-electron chi connectivity index (χ4n) is 3.63. The van der Waals surface area contributed by atoms with Gasteiger partial charge in [0.25, 0.3) is 0 Å². The van der Waals surface area contributed by atoms with Crippen molar-refractivity contribution in [2.75, 3.05) is 26.8 Å². The van der Waals surface area contributed by atoms with Gasteiger partial charge in [0.15, 0.2) is 0 Å². The van der Waals surface area contributed by atoms with Gasteiger partial charge >= 0.3 is 0 Å². The number of hydrogen-bond donors (Lipinski definition) is 0. The third-order valence-electron chi connectivity index (χ3n) is 4.96. The molecular weight excluding hydrogens is 338 g/mol. The van der Waals surface area contributed by atoms with E-state index in [1.807, 2.05) is 24.4 Å². The number of morpholine rings is 1. The van der Waals surface area contributed by atoms with Gasteiger partial charge < -0.3 is 14.0 Å². The predicted octanol–water partition coefficient (Wildman–Crippen LogP) is 3.32. The molecule has 0 bridgehead atoms. The summed E-state index contributed by atoms with van der Waals surface area (Å²) in [5, 5.41) is 0. The largest absolute Gasteiger partial charge is 0.497 e. The lowest BCUT2D eigenvalue weighted by Gasteiger charge is -2.33. The summed E-state index contributed by atoms with van der Waals surface area (Å²) in [6, 6.07) is 16.6. The van der Waals surface area contributed by atoms with Crippen LogP contribution in [0.5, 0.6) is 5.75 Å². The zero-order valence-electron chi connectivity index (χ0n) is 15.6. The highest BCUT2D eigenvalue weighted by Crippen LogP contribution is 2.19. The van der Waals surface area contributed by atoms with Crippen LogP contribution in [0.15, 0.2) is 67.1 Å². The Bertz CT molecular complexity index is 863. The van der Waals surface area contributed by atoms with Gasteiger partial charge in [0.2, 0.25) is 0 Å². The molecular formula is C22H25N3O2. The minimum atomic E-state index is 0.202. The molecule has 5 heteroatoms. The summed E-state index contributed by atoms with van der Waals surface area (Å²) in [6.45, 7) is 3.55. The van der Waals surface area contributed by atoms with Gasteiger partial charge in [-0.05, 0) is 42.0 Å². The monoisotopic (exact) mass is 363 g/mol. The lowest BCUT2D eigenvalue weighted by molar-refractivity contribution is -0.0309. The van der Waals surface area contributed by atoms with Crippen LogP contribution in [-0.2, 0) is 17.7 Å². The van der Waals surface area contributed by atoms with Crippen molar-refractivity contribution in [1.82, 2.24) is 14.5 Å². The van der Waals surface area contributed by atoms with Crippen LogP contribution in [0.1, 0.15) is 11.3 Å². The van der Waals surface area contributed by atoms with Crippen molar-refractivity contribution in [2.45, 2.75) is 19.1 Å². The second kappa shape index (κ2) is 8.37. The van der Waals surface area contributed by atoms with Gasteiger partial charge in [-0.3, -0.25) is 9.88 Å². The van der Waals surface area contributed by atoms with Crippen molar-refractivity contribution in [3.8, 4) is 11.4 Å². The van der Waals surface area contributed by atoms with E-state index in [2.05, 4.69) is 51.0 Å². The van der Waals surface area contributed by atoms with Gasteiger partial charge in [-0.15, -0.1) is 0 Å². The Kier molecular flexibility index (Phi) is 5.51. The highest BCUT2D eigenvalue weighted by molar-refractivity contribution is 5.32. The van der Waals surface area contributed by atoms with Crippen LogP contribution in [0.4, 0.5) is 0 Å². The molecule has 1 aliphatic rings. The molecule has 1 aliphatic heterocycles. The first-order chi connectivity index (χ1) is 13.3. The van der Waals surface area contributed by atoms with Gasteiger partial charge in [-0.2, -0.15) is 0 Å². The first-order valence-electron chi connectivity index (χ1n) is 9.35. The molecule has 0 aliphatic carbocycles. The summed E-state index contributed by atoms with van der Waals surface area (Å²) in [4.78, 5) is 6.71. The first kappa shape index (κ1) is 17.8. The van der Waals surface area contributed by atoms with Crippen LogP contribution >= 0.6 is 0 Å².